The van der Waals surface area contributed by atoms with Gasteiger partial charge < -0.3 is 61.6 Å². The molecule has 80 heavy (non-hydrogen) atoms. The van der Waals surface area contributed by atoms with Gasteiger partial charge in [0.15, 0.2) is 11.6 Å². The number of aliphatic hydroxyl groups excluding tert-OH is 2. The van der Waals surface area contributed by atoms with E-state index < -0.39 is 30.1 Å². The highest BCUT2D eigenvalue weighted by Gasteiger charge is 2.16. The predicted molar refractivity (Wildman–Crippen MR) is 305 cm³/mol. The number of Topliss-reactive ketones (excluding diaryl/α,β-unsaturated/α-hetero) is 4. The summed E-state index contributed by atoms with van der Waals surface area (Å²) in [6.45, 7) is 7.82. The van der Waals surface area contributed by atoms with Crippen LogP contribution in [-0.2, 0) is 54.8 Å². The highest BCUT2D eigenvalue weighted by molar-refractivity contribution is 6.01. The molecule has 6 aromatic carbocycles. The fourth-order valence-corrected chi connectivity index (χ4v) is 6.37. The third-order valence-corrected chi connectivity index (χ3v) is 11.0. The topological polar surface area (TPSA) is 312 Å². The van der Waals surface area contributed by atoms with Gasteiger partial charge in [0, 0.05) is 50.1 Å². The third kappa shape index (κ3) is 31.5. The highest BCUT2D eigenvalue weighted by Crippen LogP contribution is 2.20. The van der Waals surface area contributed by atoms with Gasteiger partial charge in [-0.15, -0.1) is 0 Å². The number of benzene rings is 6. The fourth-order valence-electron chi connectivity index (χ4n) is 6.37. The Balaban J connectivity index is 0.000000495. The Kier molecular flexibility index (Phi) is 35.1. The second-order valence-electron chi connectivity index (χ2n) is 17.7. The number of carbonyl (C=O) groups is 8. The zero-order valence-electron chi connectivity index (χ0n) is 46.3. The van der Waals surface area contributed by atoms with Gasteiger partial charge in [-0.3, -0.25) is 24.0 Å². The van der Waals surface area contributed by atoms with E-state index in [0.29, 0.717) is 63.0 Å². The number of methoxy groups -OCH3 is 2. The number of ether oxygens (including phenoxy) is 2. The minimum absolute atomic E-state index is 0.000185. The van der Waals surface area contributed by atoms with Crippen molar-refractivity contribution < 1.29 is 68.3 Å². The van der Waals surface area contributed by atoms with Crippen LogP contribution in [-0.4, -0.2) is 93.7 Å². The molecule has 0 saturated heterocycles. The molecule has 2 unspecified atom stereocenters. The molecular formula is C62H76N4O14. The molecule has 0 bridgehead atoms. The second-order valence-corrected chi connectivity index (χ2v) is 17.7. The molecule has 0 fully saturated rings. The SMILES string of the molecule is CC(=O)CCC(O)CC(=O)NCc1ccccc1.CC(=O)c1ccc(O)c(C(=O)NCc2ccccc2)c1.COC(=O)CC(O)CCC(C)=O.COC(=O)c1cc(C(C)=O)ccc1O.NCc1ccccc1.NCc1ccccc1. The van der Waals surface area contributed by atoms with Crippen LogP contribution in [0.15, 0.2) is 158 Å². The lowest BCUT2D eigenvalue weighted by Crippen LogP contribution is -2.27. The van der Waals surface area contributed by atoms with Crippen LogP contribution < -0.4 is 22.1 Å². The standard InChI is InChI=1S/C16H15NO3.C14H19NO3.C10H10O4.C8H14O4.2C7H9N/c1-11(18)13-7-8-15(19)14(9-13)16(20)17-10-12-5-3-2-4-6-12;1-11(16)7-8-13(17)9-14(18)15-10-12-5-3-2-4-6-12;1-6(11)7-3-4-9(12)8(5-7)10(13)14-2;1-6(9)3-4-7(10)5-8(11)12-2;2*8-6-7-4-2-1-3-5-7/h2-9,19H,10H2,1H3,(H,17,20);2-6,13,17H,7-10H2,1H3,(H,15,18);3-5,12H,1-2H3;7,10H,3-5H2,1-2H3;2*1-5H,6,8H2. The molecular weight excluding hydrogens is 1020 g/mol. The molecule has 0 heterocycles. The van der Waals surface area contributed by atoms with Crippen LogP contribution in [0.4, 0.5) is 0 Å². The van der Waals surface area contributed by atoms with Crippen molar-refractivity contribution in [2.75, 3.05) is 14.2 Å². The first-order chi connectivity index (χ1) is 38.1. The molecule has 428 valence electrons. The highest BCUT2D eigenvalue weighted by atomic mass is 16.5. The number of hydrogen-bond acceptors (Lipinski definition) is 16. The largest absolute Gasteiger partial charge is 0.507 e. The van der Waals surface area contributed by atoms with Crippen LogP contribution in [0.5, 0.6) is 11.5 Å². The Morgan fingerprint density at radius 3 is 1.19 bits per heavy atom. The average molecular weight is 1100 g/mol. The van der Waals surface area contributed by atoms with Gasteiger partial charge in [-0.1, -0.05) is 121 Å². The molecule has 6 aromatic rings. The van der Waals surface area contributed by atoms with Gasteiger partial charge in [0.2, 0.25) is 5.91 Å². The molecule has 10 N–H and O–H groups in total. The van der Waals surface area contributed by atoms with Gasteiger partial charge in [0.05, 0.1) is 44.8 Å². The van der Waals surface area contributed by atoms with Crippen molar-refractivity contribution in [2.45, 2.75) is 105 Å². The molecule has 0 aliphatic heterocycles. The summed E-state index contributed by atoms with van der Waals surface area (Å²) < 4.78 is 8.79. The van der Waals surface area contributed by atoms with E-state index in [1.54, 1.807) is 0 Å². The first-order valence-electron chi connectivity index (χ1n) is 25.4. The van der Waals surface area contributed by atoms with Crippen LogP contribution >= 0.6 is 0 Å². The van der Waals surface area contributed by atoms with Gasteiger partial charge in [-0.2, -0.15) is 0 Å². The smallest absolute Gasteiger partial charge is 0.341 e. The predicted octanol–water partition coefficient (Wildman–Crippen LogP) is 7.90. The molecule has 2 atom stereocenters. The monoisotopic (exact) mass is 1100 g/mol. The number of esters is 2. The zero-order valence-corrected chi connectivity index (χ0v) is 46.3. The third-order valence-electron chi connectivity index (χ3n) is 11.0. The molecule has 0 aromatic heterocycles. The Morgan fingerprint density at radius 2 is 0.838 bits per heavy atom. The molecule has 18 nitrogen and oxygen atoms in total. The second kappa shape index (κ2) is 40.5. The number of phenols is 2. The summed E-state index contributed by atoms with van der Waals surface area (Å²) in [5.74, 6) is -2.33. The first kappa shape index (κ1) is 69.3. The quantitative estimate of drug-likeness (QED) is 0.0266. The maximum atomic E-state index is 12.0. The number of hydrogen-bond donors (Lipinski definition) is 8. The Hall–Kier alpha value is -8.68. The summed E-state index contributed by atoms with van der Waals surface area (Å²) in [5.41, 5.74) is 15.9. The van der Waals surface area contributed by atoms with Crippen molar-refractivity contribution in [1.29, 1.82) is 0 Å². The lowest BCUT2D eigenvalue weighted by Gasteiger charge is -2.10. The molecule has 0 radical (unpaired) electrons. The number of nitrogens with two attached hydrogens (primary N) is 2. The van der Waals surface area contributed by atoms with E-state index in [2.05, 4.69) is 20.1 Å². The summed E-state index contributed by atoms with van der Waals surface area (Å²) in [5, 5.41) is 43.2. The van der Waals surface area contributed by atoms with Crippen LogP contribution in [0, 0.1) is 0 Å². The number of phenolic OH excluding ortho intramolecular Hbond substituents is 2. The first-order valence-corrected chi connectivity index (χ1v) is 25.4. The lowest BCUT2D eigenvalue weighted by atomic mass is 10.1. The normalized spacial score (nSPS) is 10.5. The number of aromatic hydroxyl groups is 2. The van der Waals surface area contributed by atoms with Gasteiger partial charge >= 0.3 is 11.9 Å². The molecule has 2 amide bonds. The molecule has 0 aliphatic rings. The summed E-state index contributed by atoms with van der Waals surface area (Å²) in [6.07, 6.45) is -0.223. The molecule has 0 saturated carbocycles. The van der Waals surface area contributed by atoms with Crippen molar-refractivity contribution in [3.05, 3.63) is 202 Å². The van der Waals surface area contributed by atoms with Crippen LogP contribution in [0.2, 0.25) is 0 Å². The Morgan fingerprint density at radius 1 is 0.475 bits per heavy atom. The van der Waals surface area contributed by atoms with Crippen LogP contribution in [0.25, 0.3) is 0 Å². The molecule has 6 rings (SSSR count). The number of nitrogens with one attached hydrogen (secondary N) is 2. The van der Waals surface area contributed by atoms with Crippen molar-refractivity contribution in [3.8, 4) is 11.5 Å². The molecule has 0 aliphatic carbocycles. The Labute approximate surface area is 468 Å². The van der Waals surface area contributed by atoms with Crippen molar-refractivity contribution in [1.82, 2.24) is 10.6 Å². The van der Waals surface area contributed by atoms with Gasteiger partial charge in [-0.25, -0.2) is 4.79 Å². The summed E-state index contributed by atoms with van der Waals surface area (Å²) >= 11 is 0. The number of carbonyl (C=O) groups excluding carboxylic acids is 8. The van der Waals surface area contributed by atoms with E-state index in [4.69, 9.17) is 16.6 Å². The van der Waals surface area contributed by atoms with Gasteiger partial charge in [-0.05, 0) is 99.2 Å². The maximum absolute atomic E-state index is 12.0. The summed E-state index contributed by atoms with van der Waals surface area (Å²) in [7, 11) is 2.47. The summed E-state index contributed by atoms with van der Waals surface area (Å²) in [6, 6.07) is 47.3. The summed E-state index contributed by atoms with van der Waals surface area (Å²) in [4.78, 5) is 88.8. The fraction of sp³-hybridized carbons (Fsp3) is 0.290. The van der Waals surface area contributed by atoms with Crippen LogP contribution in [0.1, 0.15) is 130 Å². The minimum atomic E-state index is -0.763. The van der Waals surface area contributed by atoms with E-state index >= 15 is 0 Å². The van der Waals surface area contributed by atoms with Gasteiger partial charge in [0.1, 0.15) is 28.6 Å². The van der Waals surface area contributed by atoms with E-state index in [-0.39, 0.29) is 64.5 Å². The van der Waals surface area contributed by atoms with Gasteiger partial charge in [0.25, 0.3) is 5.91 Å². The van der Waals surface area contributed by atoms with E-state index in [0.717, 1.165) is 11.1 Å². The zero-order chi connectivity index (χ0) is 59.8. The van der Waals surface area contributed by atoms with Crippen LogP contribution in [0.3, 0.4) is 0 Å². The number of rotatable bonds is 20. The number of aliphatic hydroxyl groups is 2. The molecule has 0 spiro atoms. The number of ketones is 4. The van der Waals surface area contributed by atoms with Crippen molar-refractivity contribution in [2.24, 2.45) is 11.5 Å². The average Bonchev–Trinajstić information content (AvgIpc) is 3.46. The van der Waals surface area contributed by atoms with Crippen molar-refractivity contribution in [3.63, 3.8) is 0 Å². The molecule has 18 heteroatoms. The Bertz CT molecular complexity index is 2780. The number of amides is 2. The van der Waals surface area contributed by atoms with E-state index in [1.165, 1.54) is 89.4 Å². The van der Waals surface area contributed by atoms with E-state index in [9.17, 15) is 53.7 Å². The maximum Gasteiger partial charge on any atom is 0.341 e. The van der Waals surface area contributed by atoms with Crippen molar-refractivity contribution >= 4 is 46.9 Å². The minimum Gasteiger partial charge on any atom is -0.507 e. The van der Waals surface area contributed by atoms with E-state index in [1.807, 2.05) is 121 Å². The lowest BCUT2D eigenvalue weighted by molar-refractivity contribution is -0.143.